The van der Waals surface area contributed by atoms with E-state index in [0.717, 1.165) is 51.4 Å². The smallest absolute Gasteiger partial charge is 0.328 e. The molecule has 262 valence electrons. The first-order valence-corrected chi connectivity index (χ1v) is 18.1. The average Bonchev–Trinajstić information content (AvgIpc) is 3.02. The van der Waals surface area contributed by atoms with Crippen LogP contribution in [0.3, 0.4) is 0 Å². The number of carbonyl (C=O) groups is 4. The van der Waals surface area contributed by atoms with Crippen LogP contribution in [0.5, 0.6) is 0 Å². The molecule has 0 aliphatic carbocycles. The van der Waals surface area contributed by atoms with Gasteiger partial charge < -0.3 is 25.6 Å². The van der Waals surface area contributed by atoms with Crippen molar-refractivity contribution in [1.82, 2.24) is 10.6 Å². The maximum absolute atomic E-state index is 12.5. The van der Waals surface area contributed by atoms with E-state index in [0.29, 0.717) is 12.8 Å². The topological polar surface area (TPSA) is 142 Å². The molecule has 9 nitrogen and oxygen atoms in total. The Labute approximate surface area is 273 Å². The molecule has 0 aliphatic heterocycles. The molecule has 0 heterocycles. The minimum Gasteiger partial charge on any atom is -0.480 e. The van der Waals surface area contributed by atoms with Crippen LogP contribution in [0.15, 0.2) is 12.2 Å². The lowest BCUT2D eigenvalue weighted by Crippen LogP contribution is -2.47. The van der Waals surface area contributed by atoms with Crippen LogP contribution in [0.25, 0.3) is 0 Å². The molecule has 0 spiro atoms. The van der Waals surface area contributed by atoms with Crippen LogP contribution in [0.4, 0.5) is 0 Å². The molecule has 0 aromatic rings. The molecule has 0 saturated heterocycles. The summed E-state index contributed by atoms with van der Waals surface area (Å²) in [4.78, 5) is 47.1. The summed E-state index contributed by atoms with van der Waals surface area (Å²) in [6.07, 6.45) is 29.8. The Balaban J connectivity index is 4.14. The van der Waals surface area contributed by atoms with Crippen LogP contribution >= 0.6 is 0 Å². The molecule has 0 aliphatic rings. The molecule has 2 amide bonds. The first kappa shape index (κ1) is 42.6. The number of esters is 1. The van der Waals surface area contributed by atoms with Gasteiger partial charge in [-0.1, -0.05) is 123 Å². The second-order valence-corrected chi connectivity index (χ2v) is 12.3. The number of carboxylic acid groups (broad SMARTS) is 1. The largest absolute Gasteiger partial charge is 0.480 e. The highest BCUT2D eigenvalue weighted by molar-refractivity contribution is 5.87. The van der Waals surface area contributed by atoms with Crippen LogP contribution in [-0.4, -0.2) is 59.3 Å². The number of nitrogens with one attached hydrogen (secondary N) is 2. The number of unbranched alkanes of at least 4 members (excludes halogenated alkanes) is 18. The van der Waals surface area contributed by atoms with E-state index in [1.54, 1.807) is 0 Å². The Kier molecular flexibility index (Phi) is 29.9. The van der Waals surface area contributed by atoms with E-state index in [4.69, 9.17) is 14.9 Å². The highest BCUT2D eigenvalue weighted by Crippen LogP contribution is 2.15. The molecule has 0 fully saturated rings. The highest BCUT2D eigenvalue weighted by atomic mass is 16.5. The van der Waals surface area contributed by atoms with Crippen LogP contribution in [0, 0.1) is 0 Å². The Morgan fingerprint density at radius 1 is 0.667 bits per heavy atom. The van der Waals surface area contributed by atoms with Gasteiger partial charge in [-0.15, -0.1) is 0 Å². The summed E-state index contributed by atoms with van der Waals surface area (Å²) < 4.78 is 5.83. The minimum atomic E-state index is -1.39. The number of hydrogen-bond acceptors (Lipinski definition) is 6. The third-order valence-electron chi connectivity index (χ3n) is 8.00. The van der Waals surface area contributed by atoms with Crippen molar-refractivity contribution in [3.8, 4) is 0 Å². The van der Waals surface area contributed by atoms with E-state index in [-0.39, 0.29) is 30.9 Å². The number of aliphatic hydroxyl groups excluding tert-OH is 1. The van der Waals surface area contributed by atoms with Gasteiger partial charge in [0.15, 0.2) is 0 Å². The Morgan fingerprint density at radius 2 is 1.18 bits per heavy atom. The molecule has 0 aromatic carbocycles. The number of amides is 2. The normalized spacial score (nSPS) is 12.6. The lowest BCUT2D eigenvalue weighted by atomic mass is 10.0. The lowest BCUT2D eigenvalue weighted by molar-refractivity contribution is -0.147. The maximum atomic E-state index is 12.5. The van der Waals surface area contributed by atoms with Crippen LogP contribution in [0.2, 0.25) is 0 Å². The fourth-order valence-corrected chi connectivity index (χ4v) is 5.15. The predicted molar refractivity (Wildman–Crippen MR) is 181 cm³/mol. The minimum absolute atomic E-state index is 0.115. The van der Waals surface area contributed by atoms with Crippen molar-refractivity contribution < 1.29 is 34.1 Å². The van der Waals surface area contributed by atoms with Crippen molar-refractivity contribution in [2.24, 2.45) is 0 Å². The van der Waals surface area contributed by atoms with Crippen LogP contribution < -0.4 is 10.6 Å². The molecule has 0 aromatic heterocycles. The summed E-state index contributed by atoms with van der Waals surface area (Å²) in [5, 5.41) is 22.4. The molecule has 2 unspecified atom stereocenters. The molecular weight excluding hydrogens is 572 g/mol. The summed E-state index contributed by atoms with van der Waals surface area (Å²) >= 11 is 0. The van der Waals surface area contributed by atoms with E-state index in [2.05, 4.69) is 30.6 Å². The third-order valence-corrected chi connectivity index (χ3v) is 8.00. The van der Waals surface area contributed by atoms with Crippen molar-refractivity contribution in [3.63, 3.8) is 0 Å². The van der Waals surface area contributed by atoms with Crippen LogP contribution in [-0.2, 0) is 23.9 Å². The quantitative estimate of drug-likeness (QED) is 0.0339. The summed E-state index contributed by atoms with van der Waals surface area (Å²) in [5.74, 6) is -2.40. The Bertz CT molecular complexity index is 787. The fraction of sp³-hybridized carbons (Fsp3) is 0.833. The van der Waals surface area contributed by atoms with E-state index in [1.165, 1.54) is 83.5 Å². The molecule has 0 rings (SSSR count). The predicted octanol–water partition coefficient (Wildman–Crippen LogP) is 7.53. The van der Waals surface area contributed by atoms with Gasteiger partial charge in [-0.3, -0.25) is 14.4 Å². The summed E-state index contributed by atoms with van der Waals surface area (Å²) in [5.41, 5.74) is 0. The monoisotopic (exact) mass is 638 g/mol. The second-order valence-electron chi connectivity index (χ2n) is 12.3. The first-order chi connectivity index (χ1) is 21.8. The number of aliphatic hydroxyl groups is 1. The van der Waals surface area contributed by atoms with Gasteiger partial charge in [0.1, 0.15) is 12.1 Å². The second kappa shape index (κ2) is 31.6. The number of carbonyl (C=O) groups excluding carboxylic acids is 3. The number of rotatable bonds is 32. The standard InChI is InChI=1S/C36H66N2O7/c1-3-5-7-9-10-11-12-13-14-15-16-18-24-28-35(42)45-31(25-21-17-8-6-4-2)26-22-19-20-23-27-33(40)37-29-34(41)38-32(30-39)36(43)44/h21,25,31-32,39H,3-20,22-24,26-30H2,1-2H3,(H,37,40)(H,38,41)(H,43,44)/b25-21-. The Hall–Kier alpha value is -2.42. The molecule has 0 radical (unpaired) electrons. The fourth-order valence-electron chi connectivity index (χ4n) is 5.15. The summed E-state index contributed by atoms with van der Waals surface area (Å²) in [6.45, 7) is 3.39. The molecule has 0 saturated carbocycles. The number of carboxylic acids is 1. The zero-order valence-electron chi connectivity index (χ0n) is 28.6. The highest BCUT2D eigenvalue weighted by Gasteiger charge is 2.18. The van der Waals surface area contributed by atoms with Crippen molar-refractivity contribution in [1.29, 1.82) is 0 Å². The average molecular weight is 639 g/mol. The Morgan fingerprint density at radius 3 is 1.73 bits per heavy atom. The number of ether oxygens (including phenoxy) is 1. The van der Waals surface area contributed by atoms with Gasteiger partial charge >= 0.3 is 11.9 Å². The van der Waals surface area contributed by atoms with Crippen molar-refractivity contribution >= 4 is 23.8 Å². The van der Waals surface area contributed by atoms with Gasteiger partial charge in [-0.05, 0) is 44.6 Å². The lowest BCUT2D eigenvalue weighted by Gasteiger charge is -2.15. The summed E-state index contributed by atoms with van der Waals surface area (Å²) in [7, 11) is 0. The number of aliphatic carboxylic acids is 1. The molecule has 4 N–H and O–H groups in total. The first-order valence-electron chi connectivity index (χ1n) is 18.1. The van der Waals surface area contributed by atoms with E-state index in [9.17, 15) is 19.2 Å². The van der Waals surface area contributed by atoms with Crippen LogP contribution in [0.1, 0.15) is 168 Å². The van der Waals surface area contributed by atoms with Gasteiger partial charge in [0.25, 0.3) is 0 Å². The van der Waals surface area contributed by atoms with Gasteiger partial charge in [-0.25, -0.2) is 4.79 Å². The van der Waals surface area contributed by atoms with Crippen molar-refractivity contribution in [2.45, 2.75) is 180 Å². The van der Waals surface area contributed by atoms with E-state index < -0.39 is 24.5 Å². The molecule has 2 atom stereocenters. The molecular formula is C36H66N2O7. The van der Waals surface area contributed by atoms with Gasteiger partial charge in [-0.2, -0.15) is 0 Å². The van der Waals surface area contributed by atoms with E-state index in [1.807, 2.05) is 6.08 Å². The van der Waals surface area contributed by atoms with Gasteiger partial charge in [0.05, 0.1) is 13.2 Å². The van der Waals surface area contributed by atoms with E-state index >= 15 is 0 Å². The molecule has 0 bridgehead atoms. The number of allylic oxidation sites excluding steroid dienone is 1. The molecule has 9 heteroatoms. The SMILES string of the molecule is CCCCC/C=C\C(CCCCCCC(=O)NCC(=O)NC(CO)C(=O)O)OC(=O)CCCCCCCCCCCCCCC. The molecule has 45 heavy (non-hydrogen) atoms. The summed E-state index contributed by atoms with van der Waals surface area (Å²) in [6, 6.07) is -1.39. The van der Waals surface area contributed by atoms with Gasteiger partial charge in [0.2, 0.25) is 11.8 Å². The zero-order valence-corrected chi connectivity index (χ0v) is 28.6. The van der Waals surface area contributed by atoms with Crippen molar-refractivity contribution in [3.05, 3.63) is 12.2 Å². The van der Waals surface area contributed by atoms with Crippen molar-refractivity contribution in [2.75, 3.05) is 13.2 Å². The number of hydrogen-bond donors (Lipinski definition) is 4. The maximum Gasteiger partial charge on any atom is 0.328 e. The zero-order chi connectivity index (χ0) is 33.4. The third kappa shape index (κ3) is 28.8. The van der Waals surface area contributed by atoms with Gasteiger partial charge in [0, 0.05) is 12.8 Å².